The van der Waals surface area contributed by atoms with Crippen molar-refractivity contribution in [2.24, 2.45) is 0 Å². The first-order valence-corrected chi connectivity index (χ1v) is 9.04. The molecule has 2 N–H and O–H groups in total. The van der Waals surface area contributed by atoms with Gasteiger partial charge in [0.05, 0.1) is 31.2 Å². The number of ether oxygens (including phenoxy) is 2. The highest BCUT2D eigenvalue weighted by Crippen LogP contribution is 2.20. The Morgan fingerprint density at radius 2 is 1.68 bits per heavy atom. The number of benzene rings is 2. The maximum atomic E-state index is 12.4. The largest absolute Gasteiger partial charge is 0.497 e. The van der Waals surface area contributed by atoms with E-state index in [0.29, 0.717) is 18.7 Å². The number of hydrogen-bond acceptors (Lipinski definition) is 5. The molecule has 0 atom stereocenters. The molecule has 0 saturated carbocycles. The molecule has 0 saturated heterocycles. The van der Waals surface area contributed by atoms with Crippen LogP contribution in [0.1, 0.15) is 22.8 Å². The highest BCUT2D eigenvalue weighted by Gasteiger charge is 2.07. The summed E-state index contributed by atoms with van der Waals surface area (Å²) >= 11 is 0. The normalized spacial score (nSPS) is 10.2. The first kappa shape index (κ1) is 19.2. The average Bonchev–Trinajstić information content (AvgIpc) is 2.74. The second kappa shape index (κ2) is 9.41. The zero-order valence-electron chi connectivity index (χ0n) is 15.9. The molecule has 0 aliphatic carbocycles. The highest BCUT2D eigenvalue weighted by atomic mass is 16.5. The van der Waals surface area contributed by atoms with Gasteiger partial charge in [-0.3, -0.25) is 9.78 Å². The van der Waals surface area contributed by atoms with E-state index in [4.69, 9.17) is 9.47 Å². The van der Waals surface area contributed by atoms with E-state index in [-0.39, 0.29) is 5.91 Å². The molecule has 3 rings (SSSR count). The number of hydrogen-bond donors (Lipinski definition) is 2. The molecular weight excluding hydrogens is 354 g/mol. The molecule has 0 bridgehead atoms. The molecule has 28 heavy (non-hydrogen) atoms. The van der Waals surface area contributed by atoms with Gasteiger partial charge in [-0.1, -0.05) is 12.1 Å². The maximum Gasteiger partial charge on any atom is 0.253 e. The summed E-state index contributed by atoms with van der Waals surface area (Å²) in [4.78, 5) is 16.6. The van der Waals surface area contributed by atoms with Crippen molar-refractivity contribution in [3.8, 4) is 11.5 Å². The number of carbonyl (C=O) groups excluding carboxylic acids is 1. The van der Waals surface area contributed by atoms with E-state index in [1.165, 1.54) is 0 Å². The molecule has 0 radical (unpaired) electrons. The summed E-state index contributed by atoms with van der Waals surface area (Å²) in [5.74, 6) is 1.42. The molecule has 0 spiro atoms. The third-order valence-electron chi connectivity index (χ3n) is 4.07. The molecule has 0 aliphatic heterocycles. The van der Waals surface area contributed by atoms with Gasteiger partial charge in [-0.05, 0) is 55.0 Å². The predicted octanol–water partition coefficient (Wildman–Crippen LogP) is 4.16. The van der Waals surface area contributed by atoms with Crippen LogP contribution in [0.2, 0.25) is 0 Å². The molecule has 6 nitrogen and oxygen atoms in total. The lowest BCUT2D eigenvalue weighted by atomic mass is 10.2. The van der Waals surface area contributed by atoms with E-state index < -0.39 is 0 Å². The van der Waals surface area contributed by atoms with Crippen LogP contribution in [-0.2, 0) is 6.54 Å². The fraction of sp³-hybridized carbons (Fsp3) is 0.182. The van der Waals surface area contributed by atoms with Crippen LogP contribution in [0.25, 0.3) is 0 Å². The molecule has 144 valence electrons. The summed E-state index contributed by atoms with van der Waals surface area (Å²) in [5, 5.41) is 6.14. The van der Waals surface area contributed by atoms with Gasteiger partial charge < -0.3 is 20.1 Å². The minimum Gasteiger partial charge on any atom is -0.497 e. The summed E-state index contributed by atoms with van der Waals surface area (Å²) in [6.45, 7) is 3.01. The number of nitrogens with one attached hydrogen (secondary N) is 2. The van der Waals surface area contributed by atoms with Crippen LogP contribution in [-0.4, -0.2) is 24.6 Å². The van der Waals surface area contributed by atoms with Crippen molar-refractivity contribution >= 4 is 17.3 Å². The quantitative estimate of drug-likeness (QED) is 0.617. The molecule has 1 aromatic heterocycles. The molecule has 0 aliphatic rings. The summed E-state index contributed by atoms with van der Waals surface area (Å²) in [7, 11) is 1.62. The Kier molecular flexibility index (Phi) is 6.46. The number of anilines is 2. The number of amides is 1. The first-order chi connectivity index (χ1) is 13.7. The van der Waals surface area contributed by atoms with Crippen LogP contribution in [0.5, 0.6) is 11.5 Å². The predicted molar refractivity (Wildman–Crippen MR) is 109 cm³/mol. The van der Waals surface area contributed by atoms with Gasteiger partial charge in [0, 0.05) is 18.4 Å². The zero-order chi connectivity index (χ0) is 19.8. The maximum absolute atomic E-state index is 12.4. The third-order valence-corrected chi connectivity index (χ3v) is 4.07. The van der Waals surface area contributed by atoms with Crippen molar-refractivity contribution in [2.75, 3.05) is 19.0 Å². The summed E-state index contributed by atoms with van der Waals surface area (Å²) in [6, 6.07) is 17.0. The molecule has 6 heteroatoms. The molecule has 1 amide bonds. The molecule has 2 aromatic carbocycles. The van der Waals surface area contributed by atoms with Crippen LogP contribution < -0.4 is 20.1 Å². The van der Waals surface area contributed by atoms with Crippen molar-refractivity contribution in [3.05, 3.63) is 78.1 Å². The van der Waals surface area contributed by atoms with E-state index in [1.54, 1.807) is 25.6 Å². The molecular formula is C22H23N3O3. The fourth-order valence-electron chi connectivity index (χ4n) is 2.63. The Morgan fingerprint density at radius 1 is 0.964 bits per heavy atom. The minimum absolute atomic E-state index is 0.182. The molecule has 3 aromatic rings. The van der Waals surface area contributed by atoms with Gasteiger partial charge in [0.2, 0.25) is 0 Å². The topological polar surface area (TPSA) is 72.5 Å². The zero-order valence-corrected chi connectivity index (χ0v) is 15.9. The summed E-state index contributed by atoms with van der Waals surface area (Å²) in [6.07, 6.45) is 3.23. The Balaban J connectivity index is 1.60. The van der Waals surface area contributed by atoms with Crippen molar-refractivity contribution in [2.45, 2.75) is 13.5 Å². The van der Waals surface area contributed by atoms with Crippen LogP contribution in [0, 0.1) is 0 Å². The summed E-state index contributed by atoms with van der Waals surface area (Å²) < 4.78 is 10.6. The van der Waals surface area contributed by atoms with Crippen molar-refractivity contribution < 1.29 is 14.3 Å². The van der Waals surface area contributed by atoms with Crippen molar-refractivity contribution in [3.63, 3.8) is 0 Å². The van der Waals surface area contributed by atoms with E-state index in [9.17, 15) is 4.79 Å². The second-order valence-electron chi connectivity index (χ2n) is 6.08. The lowest BCUT2D eigenvalue weighted by Crippen LogP contribution is -2.23. The number of pyridine rings is 1. The van der Waals surface area contributed by atoms with Gasteiger partial charge in [-0.2, -0.15) is 0 Å². The van der Waals surface area contributed by atoms with Crippen molar-refractivity contribution in [1.29, 1.82) is 0 Å². The van der Waals surface area contributed by atoms with Crippen molar-refractivity contribution in [1.82, 2.24) is 10.3 Å². The average molecular weight is 377 g/mol. The number of aromatic nitrogens is 1. The Morgan fingerprint density at radius 3 is 2.36 bits per heavy atom. The van der Waals surface area contributed by atoms with Gasteiger partial charge in [0.15, 0.2) is 0 Å². The minimum atomic E-state index is -0.182. The number of rotatable bonds is 8. The van der Waals surface area contributed by atoms with Gasteiger partial charge in [-0.25, -0.2) is 0 Å². The standard InChI is InChI=1S/C22H23N3O3/c1-3-28-21-10-6-18(7-11-21)25-19-12-17(14-23-15-19)22(26)24-13-16-4-8-20(27-2)9-5-16/h4-12,14-15,25H,3,13H2,1-2H3,(H,24,26). The highest BCUT2D eigenvalue weighted by molar-refractivity contribution is 5.94. The second-order valence-corrected chi connectivity index (χ2v) is 6.08. The Hall–Kier alpha value is -3.54. The fourth-order valence-corrected chi connectivity index (χ4v) is 2.63. The number of nitrogens with zero attached hydrogens (tertiary/aromatic N) is 1. The number of carbonyl (C=O) groups is 1. The van der Waals surface area contributed by atoms with Gasteiger partial charge in [-0.15, -0.1) is 0 Å². The SMILES string of the molecule is CCOc1ccc(Nc2cncc(C(=O)NCc3ccc(OC)cc3)c2)cc1. The van der Waals surface area contributed by atoms with E-state index >= 15 is 0 Å². The van der Waals surface area contributed by atoms with Gasteiger partial charge >= 0.3 is 0 Å². The monoisotopic (exact) mass is 377 g/mol. The molecule has 0 fully saturated rings. The number of methoxy groups -OCH3 is 1. The van der Waals surface area contributed by atoms with E-state index in [0.717, 1.165) is 28.4 Å². The van der Waals surface area contributed by atoms with Crippen LogP contribution in [0.3, 0.4) is 0 Å². The van der Waals surface area contributed by atoms with Gasteiger partial charge in [0.25, 0.3) is 5.91 Å². The lowest BCUT2D eigenvalue weighted by molar-refractivity contribution is 0.0950. The third kappa shape index (κ3) is 5.23. The van der Waals surface area contributed by atoms with Crippen LogP contribution in [0.15, 0.2) is 67.0 Å². The van der Waals surface area contributed by atoms with Gasteiger partial charge in [0.1, 0.15) is 11.5 Å². The van der Waals surface area contributed by atoms with Crippen LogP contribution >= 0.6 is 0 Å². The lowest BCUT2D eigenvalue weighted by Gasteiger charge is -2.10. The first-order valence-electron chi connectivity index (χ1n) is 9.04. The summed E-state index contributed by atoms with van der Waals surface area (Å²) in [5.41, 5.74) is 3.11. The Labute approximate surface area is 164 Å². The van der Waals surface area contributed by atoms with E-state index in [2.05, 4.69) is 15.6 Å². The van der Waals surface area contributed by atoms with E-state index in [1.807, 2.05) is 55.5 Å². The Bertz CT molecular complexity index is 909. The molecule has 0 unspecified atom stereocenters. The molecule has 1 heterocycles. The smallest absolute Gasteiger partial charge is 0.253 e. The van der Waals surface area contributed by atoms with Crippen LogP contribution in [0.4, 0.5) is 11.4 Å².